The number of aryl methyl sites for hydroxylation is 2. The second-order valence-electron chi connectivity index (χ2n) is 7.46. The molecule has 0 saturated heterocycles. The summed E-state index contributed by atoms with van der Waals surface area (Å²) >= 11 is 0. The Bertz CT molecular complexity index is 1240. The molecule has 0 aliphatic rings. The highest BCUT2D eigenvalue weighted by Crippen LogP contribution is 2.24. The molecule has 3 rings (SSSR count). The molecule has 1 amide bonds. The highest BCUT2D eigenvalue weighted by Gasteiger charge is 2.27. The van der Waals surface area contributed by atoms with E-state index in [0.717, 1.165) is 15.4 Å². The maximum Gasteiger partial charge on any atom is 0.338 e. The number of carbonyl (C=O) groups is 2. The number of anilines is 2. The molecule has 1 N–H and O–H groups in total. The van der Waals surface area contributed by atoms with E-state index in [9.17, 15) is 18.0 Å². The van der Waals surface area contributed by atoms with Crippen LogP contribution in [0, 0.1) is 13.8 Å². The average molecular weight is 467 g/mol. The van der Waals surface area contributed by atoms with Crippen LogP contribution in [0.2, 0.25) is 0 Å². The molecule has 0 saturated carbocycles. The summed E-state index contributed by atoms with van der Waals surface area (Å²) in [6, 6.07) is 19.7. The molecule has 8 heteroatoms. The Labute approximate surface area is 194 Å². The van der Waals surface area contributed by atoms with E-state index in [2.05, 4.69) is 5.32 Å². The van der Waals surface area contributed by atoms with E-state index in [1.54, 1.807) is 68.4 Å². The van der Waals surface area contributed by atoms with E-state index < -0.39 is 28.4 Å². The highest BCUT2D eigenvalue weighted by atomic mass is 32.2. The number of sulfonamides is 1. The van der Waals surface area contributed by atoms with Crippen molar-refractivity contribution in [1.29, 1.82) is 0 Å². The van der Waals surface area contributed by atoms with Gasteiger partial charge in [0.15, 0.2) is 0 Å². The Morgan fingerprint density at radius 3 is 2.24 bits per heavy atom. The number of benzene rings is 3. The Morgan fingerprint density at radius 1 is 0.939 bits per heavy atom. The Hall–Kier alpha value is -3.65. The molecule has 0 spiro atoms. The number of amides is 1. The second kappa shape index (κ2) is 10.3. The van der Waals surface area contributed by atoms with Crippen LogP contribution in [-0.2, 0) is 19.6 Å². The molecule has 0 bridgehead atoms. The predicted octanol–water partition coefficient (Wildman–Crippen LogP) is 4.31. The fraction of sp³-hybridized carbons (Fsp3) is 0.200. The van der Waals surface area contributed by atoms with Crippen molar-refractivity contribution >= 4 is 33.3 Å². The molecule has 3 aromatic rings. The fourth-order valence-electron chi connectivity index (χ4n) is 3.17. The van der Waals surface area contributed by atoms with Crippen molar-refractivity contribution in [3.63, 3.8) is 0 Å². The summed E-state index contributed by atoms with van der Waals surface area (Å²) in [4.78, 5) is 25.1. The molecule has 0 unspecified atom stereocenters. The quantitative estimate of drug-likeness (QED) is 0.499. The lowest BCUT2D eigenvalue weighted by atomic mass is 10.1. The Balaban J connectivity index is 1.90. The number of esters is 1. The summed E-state index contributed by atoms with van der Waals surface area (Å²) in [6.45, 7) is 5.15. The first-order chi connectivity index (χ1) is 15.7. The zero-order valence-electron chi connectivity index (χ0n) is 18.7. The smallest absolute Gasteiger partial charge is 0.338 e. The van der Waals surface area contributed by atoms with Crippen LogP contribution >= 0.6 is 0 Å². The van der Waals surface area contributed by atoms with E-state index >= 15 is 0 Å². The second-order valence-corrected chi connectivity index (χ2v) is 9.32. The zero-order chi connectivity index (χ0) is 24.0. The minimum Gasteiger partial charge on any atom is -0.462 e. The zero-order valence-corrected chi connectivity index (χ0v) is 19.6. The number of hydrogen-bond acceptors (Lipinski definition) is 5. The van der Waals surface area contributed by atoms with E-state index in [1.807, 2.05) is 6.92 Å². The molecule has 0 aromatic heterocycles. The highest BCUT2D eigenvalue weighted by molar-refractivity contribution is 7.92. The van der Waals surface area contributed by atoms with Crippen LogP contribution in [0.4, 0.5) is 11.4 Å². The van der Waals surface area contributed by atoms with E-state index in [-0.39, 0.29) is 11.5 Å². The van der Waals surface area contributed by atoms with E-state index in [0.29, 0.717) is 16.9 Å². The number of rotatable bonds is 8. The summed E-state index contributed by atoms with van der Waals surface area (Å²) in [5.74, 6) is -1.04. The summed E-state index contributed by atoms with van der Waals surface area (Å²) in [7, 11) is -4.00. The van der Waals surface area contributed by atoms with Gasteiger partial charge in [0.1, 0.15) is 6.54 Å². The molecule has 3 aromatic carbocycles. The van der Waals surface area contributed by atoms with Crippen LogP contribution in [0.3, 0.4) is 0 Å². The minimum atomic E-state index is -4.00. The lowest BCUT2D eigenvalue weighted by Crippen LogP contribution is -2.38. The van der Waals surface area contributed by atoms with Crippen molar-refractivity contribution in [3.05, 3.63) is 89.5 Å². The molecule has 0 fully saturated rings. The van der Waals surface area contributed by atoms with Gasteiger partial charge in [0, 0.05) is 5.69 Å². The van der Waals surface area contributed by atoms with Crippen LogP contribution in [0.5, 0.6) is 0 Å². The molecule has 0 radical (unpaired) electrons. The van der Waals surface area contributed by atoms with Gasteiger partial charge >= 0.3 is 5.97 Å². The summed E-state index contributed by atoms with van der Waals surface area (Å²) in [5.41, 5.74) is 2.72. The van der Waals surface area contributed by atoms with Gasteiger partial charge in [-0.2, -0.15) is 0 Å². The monoisotopic (exact) mass is 466 g/mol. The third-order valence-electron chi connectivity index (χ3n) is 4.96. The third kappa shape index (κ3) is 5.78. The van der Waals surface area contributed by atoms with Crippen LogP contribution in [0.1, 0.15) is 28.4 Å². The molecule has 172 valence electrons. The topological polar surface area (TPSA) is 92.8 Å². The van der Waals surface area contributed by atoms with Gasteiger partial charge in [-0.15, -0.1) is 0 Å². The van der Waals surface area contributed by atoms with E-state index in [1.165, 1.54) is 18.2 Å². The average Bonchev–Trinajstić information content (AvgIpc) is 2.80. The van der Waals surface area contributed by atoms with Crippen molar-refractivity contribution in [2.45, 2.75) is 25.7 Å². The molecule has 0 atom stereocenters. The molecular formula is C25H26N2O5S. The Kier molecular flexibility index (Phi) is 7.50. The van der Waals surface area contributed by atoms with E-state index in [4.69, 9.17) is 4.74 Å². The Morgan fingerprint density at radius 2 is 1.61 bits per heavy atom. The molecule has 0 aliphatic heterocycles. The normalized spacial score (nSPS) is 11.0. The first kappa shape index (κ1) is 24.0. The number of nitrogens with one attached hydrogen (secondary N) is 1. The first-order valence-corrected chi connectivity index (χ1v) is 11.9. The number of para-hydroxylation sites is 1. The largest absolute Gasteiger partial charge is 0.462 e. The molecule has 33 heavy (non-hydrogen) atoms. The molecule has 0 heterocycles. The maximum absolute atomic E-state index is 13.4. The van der Waals surface area contributed by atoms with Gasteiger partial charge in [-0.3, -0.25) is 9.10 Å². The summed E-state index contributed by atoms with van der Waals surface area (Å²) < 4.78 is 32.9. The van der Waals surface area contributed by atoms with Crippen LogP contribution < -0.4 is 9.62 Å². The summed E-state index contributed by atoms with van der Waals surface area (Å²) in [6.07, 6.45) is 0. The van der Waals surface area contributed by atoms with Crippen molar-refractivity contribution < 1.29 is 22.7 Å². The molecular weight excluding hydrogens is 440 g/mol. The van der Waals surface area contributed by atoms with Crippen LogP contribution in [-0.4, -0.2) is 33.4 Å². The van der Waals surface area contributed by atoms with Gasteiger partial charge in [-0.25, -0.2) is 13.2 Å². The van der Waals surface area contributed by atoms with Gasteiger partial charge in [0.2, 0.25) is 5.91 Å². The number of nitrogens with zero attached hydrogens (tertiary/aromatic N) is 1. The number of ether oxygens (including phenoxy) is 1. The van der Waals surface area contributed by atoms with Crippen molar-refractivity contribution in [1.82, 2.24) is 0 Å². The maximum atomic E-state index is 13.4. The fourth-order valence-corrected chi connectivity index (χ4v) is 4.59. The lowest BCUT2D eigenvalue weighted by Gasteiger charge is -2.24. The van der Waals surface area contributed by atoms with Gasteiger partial charge in [0.05, 0.1) is 22.8 Å². The van der Waals surface area contributed by atoms with Crippen molar-refractivity contribution in [2.24, 2.45) is 0 Å². The molecule has 7 nitrogen and oxygen atoms in total. The predicted molar refractivity (Wildman–Crippen MR) is 128 cm³/mol. The van der Waals surface area contributed by atoms with Crippen molar-refractivity contribution in [2.75, 3.05) is 22.8 Å². The standard InChI is InChI=1S/C25H26N2O5S/c1-4-32-25(29)20-13-12-19(3)23(16-20)26-24(28)17-27(21-8-6-5-7-9-21)33(30,31)22-14-10-18(2)11-15-22/h5-16H,4,17H2,1-3H3,(H,26,28). The molecule has 0 aliphatic carbocycles. The van der Waals surface area contributed by atoms with Crippen LogP contribution in [0.15, 0.2) is 77.7 Å². The number of hydrogen-bond donors (Lipinski definition) is 1. The van der Waals surface area contributed by atoms with Gasteiger partial charge in [-0.05, 0) is 62.7 Å². The van der Waals surface area contributed by atoms with Gasteiger partial charge in [-0.1, -0.05) is 42.0 Å². The van der Waals surface area contributed by atoms with Crippen molar-refractivity contribution in [3.8, 4) is 0 Å². The van der Waals surface area contributed by atoms with Gasteiger partial charge in [0.25, 0.3) is 10.0 Å². The van der Waals surface area contributed by atoms with Crippen LogP contribution in [0.25, 0.3) is 0 Å². The SMILES string of the molecule is CCOC(=O)c1ccc(C)c(NC(=O)CN(c2ccccc2)S(=O)(=O)c2ccc(C)cc2)c1. The first-order valence-electron chi connectivity index (χ1n) is 10.4. The van der Waals surface area contributed by atoms with Gasteiger partial charge < -0.3 is 10.1 Å². The minimum absolute atomic E-state index is 0.0882. The lowest BCUT2D eigenvalue weighted by molar-refractivity contribution is -0.114. The number of carbonyl (C=O) groups excluding carboxylic acids is 2. The third-order valence-corrected chi connectivity index (χ3v) is 6.75. The summed E-state index contributed by atoms with van der Waals surface area (Å²) in [5, 5.41) is 2.73.